The van der Waals surface area contributed by atoms with Gasteiger partial charge in [0.25, 0.3) is 0 Å². The topological polar surface area (TPSA) is 50.7 Å². The molecule has 4 heteroatoms. The Hall–Kier alpha value is -1.81. The molecule has 1 atom stereocenters. The summed E-state index contributed by atoms with van der Waals surface area (Å²) >= 11 is 0. The lowest BCUT2D eigenvalue weighted by Gasteiger charge is -2.15. The van der Waals surface area contributed by atoms with E-state index < -0.39 is 0 Å². The summed E-state index contributed by atoms with van der Waals surface area (Å²) in [5.41, 5.74) is 2.12. The standard InChI is InChI=1S/C14H18N4/c1-3-15-13(8-12-6-4-5-7-16-12)14-17-9-11(2)10-18-14/h4-7,9-10,13,15H,3,8H2,1-2H3. The maximum Gasteiger partial charge on any atom is 0.145 e. The van der Waals surface area contributed by atoms with E-state index in [1.165, 1.54) is 0 Å². The van der Waals surface area contributed by atoms with Crippen molar-refractivity contribution in [1.29, 1.82) is 0 Å². The second-order valence-electron chi connectivity index (χ2n) is 4.25. The Morgan fingerprint density at radius 3 is 2.56 bits per heavy atom. The number of hydrogen-bond acceptors (Lipinski definition) is 4. The van der Waals surface area contributed by atoms with Crippen molar-refractivity contribution in [3.05, 3.63) is 53.9 Å². The number of aryl methyl sites for hydroxylation is 1. The van der Waals surface area contributed by atoms with Crippen LogP contribution in [-0.2, 0) is 6.42 Å². The van der Waals surface area contributed by atoms with E-state index in [-0.39, 0.29) is 6.04 Å². The normalized spacial score (nSPS) is 12.3. The number of nitrogens with zero attached hydrogens (tertiary/aromatic N) is 3. The molecule has 2 aromatic heterocycles. The van der Waals surface area contributed by atoms with Crippen molar-refractivity contribution < 1.29 is 0 Å². The number of aromatic nitrogens is 3. The van der Waals surface area contributed by atoms with Gasteiger partial charge >= 0.3 is 0 Å². The van der Waals surface area contributed by atoms with Gasteiger partial charge in [-0.25, -0.2) is 9.97 Å². The van der Waals surface area contributed by atoms with Crippen LogP contribution in [0, 0.1) is 6.92 Å². The van der Waals surface area contributed by atoms with Crippen LogP contribution < -0.4 is 5.32 Å². The van der Waals surface area contributed by atoms with Crippen LogP contribution in [0.25, 0.3) is 0 Å². The predicted octanol–water partition coefficient (Wildman–Crippen LogP) is 2.07. The molecule has 4 nitrogen and oxygen atoms in total. The Morgan fingerprint density at radius 2 is 1.94 bits per heavy atom. The molecule has 0 saturated carbocycles. The second kappa shape index (κ2) is 6.21. The highest BCUT2D eigenvalue weighted by Gasteiger charge is 2.14. The van der Waals surface area contributed by atoms with E-state index in [4.69, 9.17) is 0 Å². The molecule has 0 amide bonds. The molecule has 0 aliphatic carbocycles. The quantitative estimate of drug-likeness (QED) is 0.872. The Labute approximate surface area is 108 Å². The van der Waals surface area contributed by atoms with E-state index >= 15 is 0 Å². The molecule has 0 radical (unpaired) electrons. The second-order valence-corrected chi connectivity index (χ2v) is 4.25. The van der Waals surface area contributed by atoms with Crippen LogP contribution in [0.1, 0.15) is 30.0 Å². The maximum atomic E-state index is 4.39. The van der Waals surface area contributed by atoms with Gasteiger partial charge < -0.3 is 5.32 Å². The third kappa shape index (κ3) is 3.34. The van der Waals surface area contributed by atoms with Gasteiger partial charge in [0.15, 0.2) is 0 Å². The zero-order valence-corrected chi connectivity index (χ0v) is 10.8. The van der Waals surface area contributed by atoms with Gasteiger partial charge in [0.2, 0.25) is 0 Å². The Morgan fingerprint density at radius 1 is 1.17 bits per heavy atom. The van der Waals surface area contributed by atoms with Crippen molar-refractivity contribution in [2.24, 2.45) is 0 Å². The molecule has 1 unspecified atom stereocenters. The van der Waals surface area contributed by atoms with Gasteiger partial charge in [-0.3, -0.25) is 4.98 Å². The molecule has 94 valence electrons. The van der Waals surface area contributed by atoms with Gasteiger partial charge in [-0.15, -0.1) is 0 Å². The first-order valence-electron chi connectivity index (χ1n) is 6.21. The molecule has 0 spiro atoms. The lowest BCUT2D eigenvalue weighted by molar-refractivity contribution is 0.516. The summed E-state index contributed by atoms with van der Waals surface area (Å²) in [5, 5.41) is 3.40. The highest BCUT2D eigenvalue weighted by atomic mass is 15.0. The van der Waals surface area contributed by atoms with Crippen LogP contribution in [0.4, 0.5) is 0 Å². The van der Waals surface area contributed by atoms with E-state index in [2.05, 4.69) is 27.2 Å². The lowest BCUT2D eigenvalue weighted by Crippen LogP contribution is -2.25. The summed E-state index contributed by atoms with van der Waals surface area (Å²) in [6.07, 6.45) is 6.32. The molecule has 2 rings (SSSR count). The Balaban J connectivity index is 2.15. The summed E-state index contributed by atoms with van der Waals surface area (Å²) in [6.45, 7) is 4.96. The van der Waals surface area contributed by atoms with Crippen LogP contribution >= 0.6 is 0 Å². The lowest BCUT2D eigenvalue weighted by atomic mass is 10.1. The minimum atomic E-state index is 0.116. The van der Waals surface area contributed by atoms with E-state index in [0.29, 0.717) is 0 Å². The fraction of sp³-hybridized carbons (Fsp3) is 0.357. The van der Waals surface area contributed by atoms with Crippen LogP contribution in [0.2, 0.25) is 0 Å². The van der Waals surface area contributed by atoms with Gasteiger partial charge in [0.1, 0.15) is 5.82 Å². The van der Waals surface area contributed by atoms with Crippen molar-refractivity contribution >= 4 is 0 Å². The monoisotopic (exact) mass is 242 g/mol. The summed E-state index contributed by atoms with van der Waals surface area (Å²) in [7, 11) is 0. The van der Waals surface area contributed by atoms with Gasteiger partial charge in [-0.2, -0.15) is 0 Å². The summed E-state index contributed by atoms with van der Waals surface area (Å²) in [6, 6.07) is 6.07. The van der Waals surface area contributed by atoms with Crippen molar-refractivity contribution in [2.45, 2.75) is 26.3 Å². The summed E-state index contributed by atoms with van der Waals surface area (Å²) < 4.78 is 0. The molecule has 2 heterocycles. The maximum absolute atomic E-state index is 4.39. The first-order chi connectivity index (χ1) is 8.79. The van der Waals surface area contributed by atoms with E-state index in [0.717, 1.165) is 30.0 Å². The molecule has 2 aromatic rings. The molecular weight excluding hydrogens is 224 g/mol. The van der Waals surface area contributed by atoms with Gasteiger partial charge in [-0.05, 0) is 31.2 Å². The molecule has 0 fully saturated rings. The SMILES string of the molecule is CCNC(Cc1ccccn1)c1ncc(C)cn1. The van der Waals surface area contributed by atoms with Crippen molar-refractivity contribution in [2.75, 3.05) is 6.54 Å². The first kappa shape index (κ1) is 12.6. The molecular formula is C14H18N4. The zero-order chi connectivity index (χ0) is 12.8. The fourth-order valence-electron chi connectivity index (χ4n) is 1.81. The smallest absolute Gasteiger partial charge is 0.145 e. The minimum Gasteiger partial charge on any atom is -0.307 e. The van der Waals surface area contributed by atoms with Crippen LogP contribution in [0.5, 0.6) is 0 Å². The Bertz CT molecular complexity index is 467. The van der Waals surface area contributed by atoms with Crippen LogP contribution in [-0.4, -0.2) is 21.5 Å². The third-order valence-corrected chi connectivity index (χ3v) is 2.70. The fourth-order valence-corrected chi connectivity index (χ4v) is 1.81. The zero-order valence-electron chi connectivity index (χ0n) is 10.8. The molecule has 18 heavy (non-hydrogen) atoms. The van der Waals surface area contributed by atoms with E-state index in [1.54, 1.807) is 0 Å². The molecule has 0 aliphatic rings. The number of rotatable bonds is 5. The van der Waals surface area contributed by atoms with Gasteiger partial charge in [0.05, 0.1) is 6.04 Å². The predicted molar refractivity (Wildman–Crippen MR) is 71.1 cm³/mol. The molecule has 0 bridgehead atoms. The highest BCUT2D eigenvalue weighted by molar-refractivity contribution is 5.10. The third-order valence-electron chi connectivity index (χ3n) is 2.70. The van der Waals surface area contributed by atoms with Crippen molar-refractivity contribution in [3.63, 3.8) is 0 Å². The first-order valence-corrected chi connectivity index (χ1v) is 6.21. The number of likely N-dealkylation sites (N-methyl/N-ethyl adjacent to an activating group) is 1. The molecule has 0 aliphatic heterocycles. The number of pyridine rings is 1. The van der Waals surface area contributed by atoms with E-state index in [9.17, 15) is 0 Å². The summed E-state index contributed by atoms with van der Waals surface area (Å²) in [5.74, 6) is 0.827. The largest absolute Gasteiger partial charge is 0.307 e. The molecule has 0 aromatic carbocycles. The Kier molecular flexibility index (Phi) is 4.36. The van der Waals surface area contributed by atoms with Gasteiger partial charge in [0, 0.05) is 30.7 Å². The van der Waals surface area contributed by atoms with Gasteiger partial charge in [-0.1, -0.05) is 13.0 Å². The van der Waals surface area contributed by atoms with E-state index in [1.807, 2.05) is 43.7 Å². The van der Waals surface area contributed by atoms with Crippen molar-refractivity contribution in [3.8, 4) is 0 Å². The van der Waals surface area contributed by atoms with Crippen LogP contribution in [0.15, 0.2) is 36.8 Å². The van der Waals surface area contributed by atoms with Crippen LogP contribution in [0.3, 0.4) is 0 Å². The number of hydrogen-bond donors (Lipinski definition) is 1. The number of nitrogens with one attached hydrogen (secondary N) is 1. The molecule has 0 saturated heterocycles. The average Bonchev–Trinajstić information content (AvgIpc) is 2.40. The molecule has 1 N–H and O–H groups in total. The highest BCUT2D eigenvalue weighted by Crippen LogP contribution is 2.13. The average molecular weight is 242 g/mol. The van der Waals surface area contributed by atoms with Crippen molar-refractivity contribution in [1.82, 2.24) is 20.3 Å². The summed E-state index contributed by atoms with van der Waals surface area (Å²) in [4.78, 5) is 13.1. The minimum absolute atomic E-state index is 0.116.